The number of carbonyl (C=O) groups excluding carboxylic acids is 1. The molecule has 5 nitrogen and oxygen atoms in total. The van der Waals surface area contributed by atoms with Crippen molar-refractivity contribution in [1.29, 1.82) is 0 Å². The highest BCUT2D eigenvalue weighted by atomic mass is 32.2. The Hall–Kier alpha value is -1.92. The molecule has 0 unspecified atom stereocenters. The summed E-state index contributed by atoms with van der Waals surface area (Å²) in [6.45, 7) is 5.29. The second-order valence-electron chi connectivity index (χ2n) is 7.62. The third-order valence-corrected chi connectivity index (χ3v) is 5.99. The maximum Gasteiger partial charge on any atom is 0.251 e. The first-order valence-corrected chi connectivity index (χ1v) is 11.5. The highest BCUT2D eigenvalue weighted by Gasteiger charge is 2.14. The molecule has 1 heterocycles. The molecule has 1 amide bonds. The highest BCUT2D eigenvalue weighted by molar-refractivity contribution is 7.98. The Morgan fingerprint density at radius 1 is 1.14 bits per heavy atom. The van der Waals surface area contributed by atoms with Crippen molar-refractivity contribution in [2.24, 2.45) is 0 Å². The van der Waals surface area contributed by atoms with E-state index < -0.39 is 0 Å². The number of benzene rings is 1. The second-order valence-corrected chi connectivity index (χ2v) is 8.56. The number of rotatable bonds is 9. The number of amides is 1. The number of nitrogens with zero attached hydrogens (tertiary/aromatic N) is 2. The summed E-state index contributed by atoms with van der Waals surface area (Å²) in [7, 11) is 0. The predicted molar refractivity (Wildman–Crippen MR) is 117 cm³/mol. The number of thioether (sulfide) groups is 1. The fourth-order valence-electron chi connectivity index (χ4n) is 3.62. The number of nitrogens with one attached hydrogen (secondary N) is 1. The van der Waals surface area contributed by atoms with Gasteiger partial charge in [0.15, 0.2) is 5.16 Å². The smallest absolute Gasteiger partial charge is 0.251 e. The van der Waals surface area contributed by atoms with Gasteiger partial charge in [-0.2, -0.15) is 0 Å². The van der Waals surface area contributed by atoms with Gasteiger partial charge in [0, 0.05) is 35.9 Å². The number of ether oxygens (including phenoxy) is 1. The molecule has 1 aromatic heterocycles. The monoisotopic (exact) mass is 413 g/mol. The molecule has 1 N–H and O–H groups in total. The maximum absolute atomic E-state index is 12.7. The summed E-state index contributed by atoms with van der Waals surface area (Å²) in [5, 5.41) is 3.78. The minimum Gasteiger partial charge on any atom is -0.378 e. The van der Waals surface area contributed by atoms with Gasteiger partial charge in [0.05, 0.1) is 6.10 Å². The van der Waals surface area contributed by atoms with Crippen molar-refractivity contribution < 1.29 is 9.53 Å². The first-order chi connectivity index (χ1) is 14.1. The third kappa shape index (κ3) is 7.12. The molecule has 1 fully saturated rings. The minimum atomic E-state index is -0.0276. The van der Waals surface area contributed by atoms with E-state index in [1.165, 1.54) is 32.1 Å². The lowest BCUT2D eigenvalue weighted by Gasteiger charge is -2.21. The zero-order valence-electron chi connectivity index (χ0n) is 17.4. The van der Waals surface area contributed by atoms with Crippen LogP contribution >= 0.6 is 11.8 Å². The molecule has 156 valence electrons. The molecule has 6 heteroatoms. The molecule has 1 aliphatic rings. The van der Waals surface area contributed by atoms with Crippen molar-refractivity contribution in [1.82, 2.24) is 15.3 Å². The molecule has 0 radical (unpaired) electrons. The maximum atomic E-state index is 12.7. The summed E-state index contributed by atoms with van der Waals surface area (Å²) in [5.41, 5.74) is 3.64. The van der Waals surface area contributed by atoms with Crippen LogP contribution in [0.2, 0.25) is 0 Å². The van der Waals surface area contributed by atoms with Crippen molar-refractivity contribution in [2.45, 2.75) is 69.4 Å². The molecule has 0 atom stereocenters. The lowest BCUT2D eigenvalue weighted by atomic mass is 9.98. The van der Waals surface area contributed by atoms with Crippen LogP contribution in [0.5, 0.6) is 0 Å². The Kier molecular flexibility index (Phi) is 8.50. The normalized spacial score (nSPS) is 14.7. The van der Waals surface area contributed by atoms with E-state index in [9.17, 15) is 4.79 Å². The molecular formula is C23H31N3O2S. The van der Waals surface area contributed by atoms with Gasteiger partial charge in [-0.3, -0.25) is 4.79 Å². The van der Waals surface area contributed by atoms with Gasteiger partial charge in [-0.15, -0.1) is 0 Å². The molecule has 0 spiro atoms. The first-order valence-electron chi connectivity index (χ1n) is 10.5. The topological polar surface area (TPSA) is 64.1 Å². The average Bonchev–Trinajstić information content (AvgIpc) is 2.72. The number of hydrogen-bond acceptors (Lipinski definition) is 5. The number of aromatic nitrogens is 2. The van der Waals surface area contributed by atoms with E-state index in [4.69, 9.17) is 4.74 Å². The summed E-state index contributed by atoms with van der Waals surface area (Å²) in [4.78, 5) is 21.6. The van der Waals surface area contributed by atoms with Gasteiger partial charge in [0.25, 0.3) is 5.91 Å². The van der Waals surface area contributed by atoms with E-state index in [2.05, 4.69) is 15.3 Å². The van der Waals surface area contributed by atoms with Gasteiger partial charge in [0.2, 0.25) is 0 Å². The minimum absolute atomic E-state index is 0.0276. The molecule has 1 aliphatic carbocycles. The van der Waals surface area contributed by atoms with Gasteiger partial charge in [-0.25, -0.2) is 9.97 Å². The number of hydrogen-bond donors (Lipinski definition) is 1. The summed E-state index contributed by atoms with van der Waals surface area (Å²) in [6.07, 6.45) is 7.53. The first kappa shape index (κ1) is 21.8. The third-order valence-electron chi connectivity index (χ3n) is 5.09. The largest absolute Gasteiger partial charge is 0.378 e. The van der Waals surface area contributed by atoms with Crippen LogP contribution in [0.15, 0.2) is 35.5 Å². The molecule has 0 bridgehead atoms. The van der Waals surface area contributed by atoms with Crippen LogP contribution in [0.25, 0.3) is 0 Å². The van der Waals surface area contributed by atoms with Crippen molar-refractivity contribution in [3.63, 3.8) is 0 Å². The lowest BCUT2D eigenvalue weighted by molar-refractivity contribution is 0.0273. The van der Waals surface area contributed by atoms with E-state index in [1.54, 1.807) is 11.8 Å². The van der Waals surface area contributed by atoms with Crippen LogP contribution < -0.4 is 5.32 Å². The zero-order chi connectivity index (χ0) is 20.5. The van der Waals surface area contributed by atoms with Crippen LogP contribution in [-0.4, -0.2) is 35.1 Å². The van der Waals surface area contributed by atoms with Crippen molar-refractivity contribution in [3.05, 3.63) is 52.8 Å². The quantitative estimate of drug-likeness (QED) is 0.361. The summed E-state index contributed by atoms with van der Waals surface area (Å²) in [6, 6.07) is 9.71. The molecule has 1 aromatic carbocycles. The zero-order valence-corrected chi connectivity index (χ0v) is 18.3. The van der Waals surface area contributed by atoms with Crippen molar-refractivity contribution >= 4 is 17.7 Å². The van der Waals surface area contributed by atoms with E-state index >= 15 is 0 Å². The van der Waals surface area contributed by atoms with E-state index in [-0.39, 0.29) is 5.91 Å². The summed E-state index contributed by atoms with van der Waals surface area (Å²) in [5.74, 6) is 0.636. The van der Waals surface area contributed by atoms with Gasteiger partial charge in [-0.05, 0) is 50.8 Å². The molecule has 0 aliphatic heterocycles. The fourth-order valence-corrected chi connectivity index (χ4v) is 4.57. The summed E-state index contributed by atoms with van der Waals surface area (Å²) < 4.78 is 5.93. The molecular weight excluding hydrogens is 382 g/mol. The molecule has 3 rings (SSSR count). The number of carbonyl (C=O) groups is 1. The summed E-state index contributed by atoms with van der Waals surface area (Å²) >= 11 is 1.56. The van der Waals surface area contributed by atoms with Crippen LogP contribution in [0, 0.1) is 13.8 Å². The van der Waals surface area contributed by atoms with Gasteiger partial charge in [-0.1, -0.05) is 49.2 Å². The molecule has 1 saturated carbocycles. The molecule has 29 heavy (non-hydrogen) atoms. The highest BCUT2D eigenvalue weighted by Crippen LogP contribution is 2.22. The Morgan fingerprint density at radius 3 is 2.62 bits per heavy atom. The Balaban J connectivity index is 1.46. The molecule has 2 aromatic rings. The Bertz CT molecular complexity index is 786. The van der Waals surface area contributed by atoms with E-state index in [1.807, 2.05) is 44.2 Å². The standard InChI is InChI=1S/C23H31N3O2S/c1-17-15-18(2)26-23(25-17)29-16-19-9-6-7-12-21(19)22(27)24-13-8-14-28-20-10-4-3-5-11-20/h6-7,9,12,15,20H,3-5,8,10-11,13-14,16H2,1-2H3,(H,24,27). The average molecular weight is 414 g/mol. The van der Waals surface area contributed by atoms with Gasteiger partial charge >= 0.3 is 0 Å². The Morgan fingerprint density at radius 2 is 1.86 bits per heavy atom. The van der Waals surface area contributed by atoms with E-state index in [0.29, 0.717) is 25.0 Å². The van der Waals surface area contributed by atoms with E-state index in [0.717, 1.165) is 34.1 Å². The number of aryl methyl sites for hydroxylation is 2. The van der Waals surface area contributed by atoms with Crippen LogP contribution in [-0.2, 0) is 10.5 Å². The van der Waals surface area contributed by atoms with Crippen LogP contribution in [0.1, 0.15) is 65.8 Å². The Labute approximate surface area is 178 Å². The van der Waals surface area contributed by atoms with Crippen LogP contribution in [0.4, 0.5) is 0 Å². The van der Waals surface area contributed by atoms with Crippen LogP contribution in [0.3, 0.4) is 0 Å². The van der Waals surface area contributed by atoms with Gasteiger partial charge in [0.1, 0.15) is 0 Å². The second kappa shape index (κ2) is 11.3. The van der Waals surface area contributed by atoms with Crippen molar-refractivity contribution in [3.8, 4) is 0 Å². The predicted octanol–water partition coefficient (Wildman–Crippen LogP) is 4.85. The lowest BCUT2D eigenvalue weighted by Crippen LogP contribution is -2.27. The fraction of sp³-hybridized carbons (Fsp3) is 0.522. The molecule has 0 saturated heterocycles. The van der Waals surface area contributed by atoms with Gasteiger partial charge < -0.3 is 10.1 Å². The SMILES string of the molecule is Cc1cc(C)nc(SCc2ccccc2C(=O)NCCCOC2CCCCC2)n1. The van der Waals surface area contributed by atoms with Crippen molar-refractivity contribution in [2.75, 3.05) is 13.2 Å².